The molecule has 1 aliphatic rings. The second-order valence-corrected chi connectivity index (χ2v) is 8.07. The number of carbonyl (C=O) groups excluding carboxylic acids is 1. The zero-order valence-corrected chi connectivity index (χ0v) is 16.9. The van der Waals surface area contributed by atoms with Crippen molar-refractivity contribution >= 4 is 17.9 Å². The smallest absolute Gasteiger partial charge is 0.311 e. The average molecular weight is 365 g/mol. The number of rotatable bonds is 7. The van der Waals surface area contributed by atoms with Crippen molar-refractivity contribution in [2.24, 2.45) is 0 Å². The van der Waals surface area contributed by atoms with Gasteiger partial charge < -0.3 is 4.74 Å². The predicted octanol–water partition coefficient (Wildman–Crippen LogP) is 5.48. The van der Waals surface area contributed by atoms with E-state index >= 15 is 0 Å². The maximum atomic E-state index is 12.1. The Kier molecular flexibility index (Phi) is 5.79. The number of nitrogens with zero attached hydrogens (tertiary/aromatic N) is 1. The van der Waals surface area contributed by atoms with E-state index in [0.717, 1.165) is 36.9 Å². The van der Waals surface area contributed by atoms with Gasteiger partial charge in [-0.25, -0.2) is 4.58 Å². The second kappa shape index (κ2) is 8.08. The van der Waals surface area contributed by atoms with Crippen molar-refractivity contribution in [1.29, 1.82) is 0 Å². The van der Waals surface area contributed by atoms with Crippen LogP contribution in [0.2, 0.25) is 0 Å². The van der Waals surface area contributed by atoms with E-state index in [9.17, 15) is 4.79 Å². The Bertz CT molecular complexity index is 844. The standard InChI is InChI=1S/C24H30NO2/c1-18-11-10-12-19(2)23(18)27-22(26)15-6-5-9-16-25-17-24(3,4)20-13-7-8-14-21(20)25/h7-8,10-14,17H,5-6,9,15-16H2,1-4H3/q+1. The van der Waals surface area contributed by atoms with Gasteiger partial charge >= 0.3 is 5.97 Å². The summed E-state index contributed by atoms with van der Waals surface area (Å²) < 4.78 is 7.94. The number of unbranched alkanes of at least 4 members (excludes halogenated alkanes) is 2. The molecule has 2 aromatic carbocycles. The minimum Gasteiger partial charge on any atom is -0.426 e. The molecular weight excluding hydrogens is 334 g/mol. The molecule has 0 aliphatic carbocycles. The Hall–Kier alpha value is -2.42. The first-order valence-electron chi connectivity index (χ1n) is 9.87. The van der Waals surface area contributed by atoms with E-state index in [1.807, 2.05) is 32.0 Å². The molecule has 1 aliphatic heterocycles. The molecule has 0 N–H and O–H groups in total. The summed E-state index contributed by atoms with van der Waals surface area (Å²) in [6.07, 6.45) is 5.75. The minimum atomic E-state index is -0.133. The third-order valence-electron chi connectivity index (χ3n) is 5.29. The number of esters is 1. The summed E-state index contributed by atoms with van der Waals surface area (Å²) in [4.78, 5) is 12.1. The van der Waals surface area contributed by atoms with Crippen LogP contribution >= 0.6 is 0 Å². The Morgan fingerprint density at radius 3 is 2.41 bits per heavy atom. The number of para-hydroxylation sites is 2. The molecule has 3 heteroatoms. The first-order valence-corrected chi connectivity index (χ1v) is 9.87. The molecule has 3 nitrogen and oxygen atoms in total. The Balaban J connectivity index is 1.44. The zero-order chi connectivity index (χ0) is 19.4. The monoisotopic (exact) mass is 364 g/mol. The highest BCUT2D eigenvalue weighted by atomic mass is 16.5. The molecule has 0 saturated carbocycles. The van der Waals surface area contributed by atoms with Gasteiger partial charge in [-0.1, -0.05) is 36.4 Å². The molecule has 0 bridgehead atoms. The summed E-state index contributed by atoms with van der Waals surface area (Å²) in [7, 11) is 0. The molecule has 0 aromatic heterocycles. The maximum Gasteiger partial charge on any atom is 0.311 e. The van der Waals surface area contributed by atoms with Gasteiger partial charge in [0.1, 0.15) is 12.3 Å². The molecule has 142 valence electrons. The highest BCUT2D eigenvalue weighted by Crippen LogP contribution is 2.35. The Morgan fingerprint density at radius 2 is 1.67 bits per heavy atom. The molecule has 0 spiro atoms. The van der Waals surface area contributed by atoms with Gasteiger partial charge in [0.15, 0.2) is 6.21 Å². The molecule has 0 amide bonds. The van der Waals surface area contributed by atoms with Crippen molar-refractivity contribution in [3.63, 3.8) is 0 Å². The van der Waals surface area contributed by atoms with Gasteiger partial charge in [-0.15, -0.1) is 0 Å². The fourth-order valence-electron chi connectivity index (χ4n) is 3.84. The Labute approximate surface area is 162 Å². The molecule has 0 unspecified atom stereocenters. The molecule has 3 rings (SSSR count). The normalized spacial score (nSPS) is 14.6. The van der Waals surface area contributed by atoms with Crippen molar-refractivity contribution in [3.05, 3.63) is 59.2 Å². The van der Waals surface area contributed by atoms with Crippen LogP contribution < -0.4 is 4.74 Å². The number of aryl methyl sites for hydroxylation is 2. The highest BCUT2D eigenvalue weighted by Gasteiger charge is 2.36. The number of carbonyl (C=O) groups is 1. The lowest BCUT2D eigenvalue weighted by atomic mass is 9.87. The second-order valence-electron chi connectivity index (χ2n) is 8.07. The van der Waals surface area contributed by atoms with Crippen molar-refractivity contribution in [2.45, 2.75) is 58.8 Å². The first kappa shape index (κ1) is 19.3. The largest absolute Gasteiger partial charge is 0.426 e. The lowest BCUT2D eigenvalue weighted by molar-refractivity contribution is -0.434. The van der Waals surface area contributed by atoms with E-state index in [1.165, 1.54) is 11.3 Å². The molecular formula is C24H30NO2+. The predicted molar refractivity (Wildman–Crippen MR) is 110 cm³/mol. The maximum absolute atomic E-state index is 12.1. The van der Waals surface area contributed by atoms with Gasteiger partial charge in [-0.05, 0) is 51.7 Å². The van der Waals surface area contributed by atoms with E-state index in [1.54, 1.807) is 0 Å². The number of benzene rings is 2. The summed E-state index contributed by atoms with van der Waals surface area (Å²) >= 11 is 0. The fraction of sp³-hybridized carbons (Fsp3) is 0.417. The molecule has 27 heavy (non-hydrogen) atoms. The summed E-state index contributed by atoms with van der Waals surface area (Å²) in [6.45, 7) is 9.46. The summed E-state index contributed by atoms with van der Waals surface area (Å²) in [5, 5.41) is 0. The lowest BCUT2D eigenvalue weighted by Gasteiger charge is -2.10. The molecule has 0 radical (unpaired) electrons. The van der Waals surface area contributed by atoms with Crippen LogP contribution in [0.15, 0.2) is 42.5 Å². The number of hydrogen-bond donors (Lipinski definition) is 0. The van der Waals surface area contributed by atoms with Gasteiger partial charge in [0.05, 0.1) is 5.41 Å². The number of ether oxygens (including phenoxy) is 1. The van der Waals surface area contributed by atoms with Crippen LogP contribution in [0.1, 0.15) is 56.2 Å². The van der Waals surface area contributed by atoms with Crippen LogP contribution in [-0.4, -0.2) is 23.3 Å². The van der Waals surface area contributed by atoms with E-state index in [4.69, 9.17) is 4.74 Å². The van der Waals surface area contributed by atoms with E-state index in [-0.39, 0.29) is 11.4 Å². The molecule has 0 saturated heterocycles. The number of hydrogen-bond acceptors (Lipinski definition) is 2. The van der Waals surface area contributed by atoms with E-state index in [2.05, 4.69) is 48.9 Å². The molecule has 2 aromatic rings. The van der Waals surface area contributed by atoms with Gasteiger partial charge in [-0.3, -0.25) is 4.79 Å². The topological polar surface area (TPSA) is 29.3 Å². The van der Waals surface area contributed by atoms with Crippen LogP contribution in [0, 0.1) is 13.8 Å². The first-order chi connectivity index (χ1) is 12.9. The van der Waals surface area contributed by atoms with Gasteiger partial charge in [-0.2, -0.15) is 0 Å². The number of fused-ring (bicyclic) bond motifs is 1. The zero-order valence-electron chi connectivity index (χ0n) is 16.9. The average Bonchev–Trinajstić information content (AvgIpc) is 2.89. The fourth-order valence-corrected chi connectivity index (χ4v) is 3.84. The third kappa shape index (κ3) is 4.47. The van der Waals surface area contributed by atoms with E-state index in [0.29, 0.717) is 12.2 Å². The quantitative estimate of drug-likeness (QED) is 0.282. The summed E-state index contributed by atoms with van der Waals surface area (Å²) in [6, 6.07) is 14.6. The van der Waals surface area contributed by atoms with Gasteiger partial charge in [0, 0.05) is 24.5 Å². The van der Waals surface area contributed by atoms with Crippen LogP contribution in [0.3, 0.4) is 0 Å². The highest BCUT2D eigenvalue weighted by molar-refractivity contribution is 5.76. The summed E-state index contributed by atoms with van der Waals surface area (Å²) in [5.41, 5.74) is 4.81. The van der Waals surface area contributed by atoms with Crippen molar-refractivity contribution in [1.82, 2.24) is 0 Å². The van der Waals surface area contributed by atoms with Crippen LogP contribution in [-0.2, 0) is 10.2 Å². The van der Waals surface area contributed by atoms with Crippen LogP contribution in [0.4, 0.5) is 5.69 Å². The third-order valence-corrected chi connectivity index (χ3v) is 5.29. The summed E-state index contributed by atoms with van der Waals surface area (Å²) in [5.74, 6) is 0.583. The minimum absolute atomic E-state index is 0.0891. The van der Waals surface area contributed by atoms with Crippen molar-refractivity contribution in [3.8, 4) is 5.75 Å². The Morgan fingerprint density at radius 1 is 0.963 bits per heavy atom. The van der Waals surface area contributed by atoms with Crippen LogP contribution in [0.5, 0.6) is 5.75 Å². The van der Waals surface area contributed by atoms with Gasteiger partial charge in [0.2, 0.25) is 5.69 Å². The van der Waals surface area contributed by atoms with Crippen molar-refractivity contribution < 1.29 is 14.1 Å². The van der Waals surface area contributed by atoms with Gasteiger partial charge in [0.25, 0.3) is 0 Å². The molecule has 0 fully saturated rings. The molecule has 0 atom stereocenters. The lowest BCUT2D eigenvalue weighted by Crippen LogP contribution is -2.17. The SMILES string of the molecule is Cc1cccc(C)c1OC(=O)CCCCC[N+]1=CC(C)(C)c2ccccc21. The van der Waals surface area contributed by atoms with E-state index < -0.39 is 0 Å². The van der Waals surface area contributed by atoms with Crippen LogP contribution in [0.25, 0.3) is 0 Å². The molecule has 1 heterocycles. The van der Waals surface area contributed by atoms with Crippen molar-refractivity contribution in [2.75, 3.05) is 6.54 Å².